The smallest absolute Gasteiger partial charge is 0.333 e. The van der Waals surface area contributed by atoms with Crippen LogP contribution in [0.15, 0.2) is 54.6 Å². The van der Waals surface area contributed by atoms with E-state index in [1.54, 1.807) is 0 Å². The number of ether oxygens (including phenoxy) is 1. The van der Waals surface area contributed by atoms with Crippen LogP contribution in [0.3, 0.4) is 0 Å². The van der Waals surface area contributed by atoms with E-state index < -0.39 is 12.0 Å². The van der Waals surface area contributed by atoms with Crippen molar-refractivity contribution in [3.05, 3.63) is 71.3 Å². The number of carbonyl (C=O) groups is 2. The van der Waals surface area contributed by atoms with Crippen LogP contribution in [-0.4, -0.2) is 24.6 Å². The fraction of sp³-hybridized carbons (Fsp3) is 0.481. The number of methoxy groups -OCH3 is 1. The minimum absolute atomic E-state index is 0.145. The molecular weight excluding hydrogens is 400 g/mol. The number of rotatable bonds is 5. The van der Waals surface area contributed by atoms with Gasteiger partial charge in [0.25, 0.3) is 0 Å². The summed E-state index contributed by atoms with van der Waals surface area (Å²) < 4.78 is 4.96. The monoisotopic (exact) mass is 432 g/mol. The van der Waals surface area contributed by atoms with E-state index in [9.17, 15) is 9.59 Å². The van der Waals surface area contributed by atoms with Gasteiger partial charge in [-0.25, -0.2) is 9.59 Å². The van der Waals surface area contributed by atoms with Gasteiger partial charge in [-0.1, -0.05) is 60.2 Å². The largest absolute Gasteiger partial charge is 0.467 e. The van der Waals surface area contributed by atoms with Crippen LogP contribution in [0.1, 0.15) is 61.3 Å². The second-order valence-corrected chi connectivity index (χ2v) is 10.4. The van der Waals surface area contributed by atoms with Gasteiger partial charge in [0.2, 0.25) is 0 Å². The molecule has 3 atom stereocenters. The first-order valence-corrected chi connectivity index (χ1v) is 11.7. The molecule has 4 bridgehead atoms. The lowest BCUT2D eigenvalue weighted by molar-refractivity contribution is -0.143. The van der Waals surface area contributed by atoms with Gasteiger partial charge in [0.05, 0.1) is 7.11 Å². The summed E-state index contributed by atoms with van der Waals surface area (Å²) in [5, 5.41) is 6.25. The van der Waals surface area contributed by atoms with Crippen molar-refractivity contribution in [2.24, 2.45) is 11.8 Å². The number of hydrogen-bond donors (Lipinski definition) is 2. The maximum atomic E-state index is 13.2. The topological polar surface area (TPSA) is 67.4 Å². The Morgan fingerprint density at radius 2 is 1.62 bits per heavy atom. The van der Waals surface area contributed by atoms with Crippen LogP contribution in [0.2, 0.25) is 0 Å². The molecule has 4 aliphatic rings. The standard InChI is InChI=1S/C27H32N2O3/c1-18-8-10-22(11-9-18)26-13-19-12-20(14-26)16-27(15-19,17-26)29-25(31)28-23(24(30)32-2)21-6-4-3-5-7-21/h3-11,19-20,23H,12-17H2,1-2H3,(H2,28,29,31)/t19-,20-,23+,26?,27?/m1/s1. The lowest BCUT2D eigenvalue weighted by Gasteiger charge is -2.62. The van der Waals surface area contributed by atoms with Crippen molar-refractivity contribution in [1.29, 1.82) is 0 Å². The Morgan fingerprint density at radius 1 is 0.969 bits per heavy atom. The normalized spacial score (nSPS) is 31.1. The molecule has 0 unspecified atom stereocenters. The molecule has 2 N–H and O–H groups in total. The Balaban J connectivity index is 1.37. The third-order valence-corrected chi connectivity index (χ3v) is 7.95. The summed E-state index contributed by atoms with van der Waals surface area (Å²) in [6.45, 7) is 2.13. The average Bonchev–Trinajstić information content (AvgIpc) is 2.76. The van der Waals surface area contributed by atoms with Crippen LogP contribution in [0.4, 0.5) is 4.79 Å². The van der Waals surface area contributed by atoms with Gasteiger partial charge in [0, 0.05) is 5.54 Å². The lowest BCUT2D eigenvalue weighted by atomic mass is 9.45. The van der Waals surface area contributed by atoms with E-state index >= 15 is 0 Å². The molecule has 2 aromatic carbocycles. The Kier molecular flexibility index (Phi) is 5.23. The third-order valence-electron chi connectivity index (χ3n) is 7.95. The Hall–Kier alpha value is -2.82. The summed E-state index contributed by atoms with van der Waals surface area (Å²) in [7, 11) is 1.35. The number of nitrogens with one attached hydrogen (secondary N) is 2. The predicted molar refractivity (Wildman–Crippen MR) is 123 cm³/mol. The van der Waals surface area contributed by atoms with Crippen molar-refractivity contribution in [1.82, 2.24) is 10.6 Å². The van der Waals surface area contributed by atoms with Crippen molar-refractivity contribution < 1.29 is 14.3 Å². The van der Waals surface area contributed by atoms with E-state index in [-0.39, 0.29) is 17.0 Å². The van der Waals surface area contributed by atoms with Gasteiger partial charge >= 0.3 is 12.0 Å². The molecule has 5 nitrogen and oxygen atoms in total. The first-order valence-electron chi connectivity index (χ1n) is 11.7. The van der Waals surface area contributed by atoms with Crippen molar-refractivity contribution in [3.8, 4) is 0 Å². The van der Waals surface area contributed by atoms with Crippen molar-refractivity contribution >= 4 is 12.0 Å². The molecule has 2 aromatic rings. The zero-order chi connectivity index (χ0) is 22.3. The highest BCUT2D eigenvalue weighted by Gasteiger charge is 2.58. The minimum Gasteiger partial charge on any atom is -0.467 e. The molecule has 0 spiro atoms. The van der Waals surface area contributed by atoms with E-state index in [1.165, 1.54) is 37.5 Å². The summed E-state index contributed by atoms with van der Waals surface area (Å²) >= 11 is 0. The number of hydrogen-bond acceptors (Lipinski definition) is 3. The predicted octanol–water partition coefficient (Wildman–Crippen LogP) is 4.80. The Labute approximate surface area is 189 Å². The van der Waals surface area contributed by atoms with Gasteiger partial charge in [0.15, 0.2) is 6.04 Å². The summed E-state index contributed by atoms with van der Waals surface area (Å²) in [5.74, 6) is 0.819. The molecule has 0 saturated heterocycles. The van der Waals surface area contributed by atoms with Gasteiger partial charge in [0.1, 0.15) is 0 Å². The molecule has 5 heteroatoms. The van der Waals surface area contributed by atoms with Crippen LogP contribution in [0.25, 0.3) is 0 Å². The minimum atomic E-state index is -0.818. The van der Waals surface area contributed by atoms with Crippen LogP contribution < -0.4 is 10.6 Å². The van der Waals surface area contributed by atoms with Crippen molar-refractivity contribution in [3.63, 3.8) is 0 Å². The maximum absolute atomic E-state index is 13.2. The molecule has 32 heavy (non-hydrogen) atoms. The molecule has 4 aliphatic carbocycles. The van der Waals surface area contributed by atoms with E-state index in [4.69, 9.17) is 4.74 Å². The summed E-state index contributed by atoms with van der Waals surface area (Å²) in [4.78, 5) is 25.6. The fourth-order valence-electron chi connectivity index (χ4n) is 7.10. The second kappa shape index (κ2) is 7.95. The van der Waals surface area contributed by atoms with Gasteiger partial charge in [-0.3, -0.25) is 0 Å². The molecule has 6 rings (SSSR count). The number of amides is 2. The highest BCUT2D eigenvalue weighted by Crippen LogP contribution is 2.62. The first kappa shape index (κ1) is 21.0. The molecular formula is C27H32N2O3. The SMILES string of the molecule is COC(=O)[C@@H](NC(=O)NC12C[C@@H]3C[C@@H](C1)CC(c1ccc(C)cc1)(C3)C2)c1ccccc1. The van der Waals surface area contributed by atoms with Crippen LogP contribution in [0.5, 0.6) is 0 Å². The highest BCUT2D eigenvalue weighted by molar-refractivity contribution is 5.85. The molecule has 2 amide bonds. The van der Waals surface area contributed by atoms with E-state index in [0.29, 0.717) is 11.8 Å². The Morgan fingerprint density at radius 3 is 2.25 bits per heavy atom. The summed E-state index contributed by atoms with van der Waals surface area (Å²) in [6.07, 6.45) is 6.72. The van der Waals surface area contributed by atoms with Crippen LogP contribution in [-0.2, 0) is 14.9 Å². The number of carbonyl (C=O) groups excluding carboxylic acids is 2. The van der Waals surface area contributed by atoms with Crippen molar-refractivity contribution in [2.45, 2.75) is 62.4 Å². The van der Waals surface area contributed by atoms with Gasteiger partial charge < -0.3 is 15.4 Å². The zero-order valence-electron chi connectivity index (χ0n) is 18.9. The molecule has 0 aromatic heterocycles. The fourth-order valence-corrected chi connectivity index (χ4v) is 7.10. The highest BCUT2D eigenvalue weighted by atomic mass is 16.5. The number of aryl methyl sites for hydroxylation is 1. The molecule has 168 valence electrons. The summed E-state index contributed by atoms with van der Waals surface area (Å²) in [6, 6.07) is 17.2. The lowest BCUT2D eigenvalue weighted by Crippen LogP contribution is -2.65. The molecule has 0 heterocycles. The zero-order valence-corrected chi connectivity index (χ0v) is 18.9. The first-order chi connectivity index (χ1) is 15.4. The summed E-state index contributed by atoms with van der Waals surface area (Å²) in [5.41, 5.74) is 3.35. The van der Waals surface area contributed by atoms with E-state index in [2.05, 4.69) is 41.8 Å². The Bertz CT molecular complexity index is 987. The number of esters is 1. The average molecular weight is 433 g/mol. The van der Waals surface area contributed by atoms with Gasteiger partial charge in [-0.15, -0.1) is 0 Å². The quantitative estimate of drug-likeness (QED) is 0.667. The van der Waals surface area contributed by atoms with Crippen LogP contribution in [0, 0.1) is 18.8 Å². The van der Waals surface area contributed by atoms with Gasteiger partial charge in [-0.05, 0) is 73.8 Å². The van der Waals surface area contributed by atoms with E-state index in [1.807, 2.05) is 30.3 Å². The van der Waals surface area contributed by atoms with Crippen LogP contribution >= 0.6 is 0 Å². The molecule has 0 aliphatic heterocycles. The van der Waals surface area contributed by atoms with Gasteiger partial charge in [-0.2, -0.15) is 0 Å². The molecule has 4 fully saturated rings. The number of urea groups is 1. The second-order valence-electron chi connectivity index (χ2n) is 10.4. The third kappa shape index (κ3) is 3.78. The van der Waals surface area contributed by atoms with E-state index in [0.717, 1.165) is 24.8 Å². The number of benzene rings is 2. The van der Waals surface area contributed by atoms with Crippen molar-refractivity contribution in [2.75, 3.05) is 7.11 Å². The molecule has 4 saturated carbocycles. The maximum Gasteiger partial charge on any atom is 0.333 e. The molecule has 0 radical (unpaired) electrons.